The van der Waals surface area contributed by atoms with Crippen LogP contribution in [-0.4, -0.2) is 477 Å². The molecule has 40 atom stereocenters. The van der Waals surface area contributed by atoms with E-state index in [1.165, 1.54) is 9.44 Å². The van der Waals surface area contributed by atoms with Gasteiger partial charge in [0.25, 0.3) is 0 Å². The Kier molecular flexibility index (Phi) is 34.3. The number of carboxylic acid groups (broad SMARTS) is 4. The Morgan fingerprint density at radius 3 is 0.927 bits per heavy atom. The van der Waals surface area contributed by atoms with Crippen molar-refractivity contribution in [3.63, 3.8) is 0 Å². The number of amides is 2. The van der Waals surface area contributed by atoms with Crippen molar-refractivity contribution >= 4 is 97.9 Å². The summed E-state index contributed by atoms with van der Waals surface area (Å²) in [6, 6.07) is -10.1. The van der Waals surface area contributed by atoms with Gasteiger partial charge in [0, 0.05) is 13.8 Å². The molecule has 8 aliphatic rings. The molecule has 71 heteroatoms. The van der Waals surface area contributed by atoms with Crippen LogP contribution in [0.3, 0.4) is 0 Å². The number of carbonyl (C=O) groups is 6. The van der Waals surface area contributed by atoms with Crippen LogP contribution < -0.4 is 20.1 Å². The van der Waals surface area contributed by atoms with Crippen LogP contribution in [0.5, 0.6) is 0 Å². The van der Waals surface area contributed by atoms with Gasteiger partial charge >= 0.3 is 86.1 Å². The van der Waals surface area contributed by atoms with E-state index in [0.717, 1.165) is 6.92 Å². The molecule has 8 heterocycles. The van der Waals surface area contributed by atoms with Crippen molar-refractivity contribution in [1.29, 1.82) is 0 Å². The van der Waals surface area contributed by atoms with Gasteiger partial charge in [-0.15, -0.1) is 0 Å². The van der Waals surface area contributed by atoms with Crippen molar-refractivity contribution < 1.29 is 286 Å². The van der Waals surface area contributed by atoms with E-state index in [1.54, 1.807) is 0 Å². The van der Waals surface area contributed by atoms with E-state index in [0.29, 0.717) is 6.92 Å². The molecule has 8 fully saturated rings. The molecule has 65 nitrogen and oxygen atoms in total. The van der Waals surface area contributed by atoms with E-state index in [-0.39, 0.29) is 0 Å². The monoisotopic (exact) mass is 1930 g/mol. The molecule has 2 amide bonds. The predicted octanol–water partition coefficient (Wildman–Crippen LogP) is -19.7. The van der Waals surface area contributed by atoms with E-state index in [4.69, 9.17) is 75.6 Å². The van der Waals surface area contributed by atoms with Crippen LogP contribution in [0.1, 0.15) is 13.8 Å². The Morgan fingerprint density at radius 1 is 0.293 bits per heavy atom. The van der Waals surface area contributed by atoms with Gasteiger partial charge < -0.3 is 174 Å². The second kappa shape index (κ2) is 40.9. The highest BCUT2D eigenvalue weighted by atomic mass is 32.3. The van der Waals surface area contributed by atoms with E-state index in [2.05, 4.69) is 22.0 Å². The number of hydrogen-bond acceptors (Lipinski definition) is 51. The van der Waals surface area contributed by atoms with Gasteiger partial charge in [0.2, 0.25) is 11.8 Å². The van der Waals surface area contributed by atoms with Gasteiger partial charge in [-0.3, -0.25) is 36.9 Å². The zero-order valence-corrected chi connectivity index (χ0v) is 66.1. The summed E-state index contributed by atoms with van der Waals surface area (Å²) in [5.74, 6) is -11.5. The van der Waals surface area contributed by atoms with Crippen LogP contribution in [0.25, 0.3) is 0 Å². The number of aliphatic hydroxyl groups excluding tert-OH is 14. The van der Waals surface area contributed by atoms with Crippen LogP contribution >= 0.6 is 0 Å². The van der Waals surface area contributed by atoms with Gasteiger partial charge in [0.05, 0.1) is 26.4 Å². The molecule has 0 aromatic heterocycles. The van der Waals surface area contributed by atoms with Crippen molar-refractivity contribution in [2.24, 2.45) is 0 Å². The Morgan fingerprint density at radius 2 is 0.577 bits per heavy atom. The maximum absolute atomic E-state index is 13.3. The van der Waals surface area contributed by atoms with E-state index < -0.39 is 370 Å². The molecule has 0 aromatic carbocycles. The highest BCUT2D eigenvalue weighted by Gasteiger charge is 2.63. The van der Waals surface area contributed by atoms with Crippen molar-refractivity contribution in [1.82, 2.24) is 20.1 Å². The molecule has 0 saturated carbocycles. The van der Waals surface area contributed by atoms with Crippen molar-refractivity contribution in [2.75, 3.05) is 26.4 Å². The van der Waals surface area contributed by atoms with Crippen LogP contribution in [0, 0.1) is 0 Å². The number of carbonyl (C=O) groups excluding carboxylic acids is 2. The fourth-order valence-electron chi connectivity index (χ4n) is 13.6. The molecule has 0 spiro atoms. The highest BCUT2D eigenvalue weighted by molar-refractivity contribution is 7.84. The molecule has 8 aliphatic heterocycles. The molecular weight excluding hydrogens is 1850 g/mol. The summed E-state index contributed by atoms with van der Waals surface area (Å²) in [6.45, 7) is -4.79. The minimum absolute atomic E-state index is 0.633. The molecule has 0 bridgehead atoms. The number of nitrogens with one attached hydrogen (secondary N) is 4. The van der Waals surface area contributed by atoms with E-state index in [9.17, 15) is 194 Å². The molecule has 8 rings (SSSR count). The second-order valence-corrected chi connectivity index (χ2v) is 34.0. The van der Waals surface area contributed by atoms with Crippen LogP contribution in [-0.2, 0) is 179 Å². The molecule has 8 saturated heterocycles. The van der Waals surface area contributed by atoms with Gasteiger partial charge in [-0.2, -0.15) is 60.0 Å². The summed E-state index contributed by atoms with van der Waals surface area (Å²) >= 11 is 0. The molecule has 0 aromatic rings. The van der Waals surface area contributed by atoms with E-state index >= 15 is 0 Å². The number of rotatable bonds is 36. The molecule has 0 aliphatic carbocycles. The molecule has 0 unspecified atom stereocenters. The zero-order valence-electron chi connectivity index (χ0n) is 61.2. The average Bonchev–Trinajstić information content (AvgIpc) is 0.752. The SMILES string of the molecule is CC(=O)N[C@H]1[C@@H](O[C@H]2[C@H](O)[C@@H](O)[C@H](O[C@H]3[C@H](O)[C@@H](NS(=O)(=O)O)[C@@H](O[C@H]4[C@H](O)[C@@H](OS(=O)(=O)O)[C@H](O)O[C@H]4C(=O)O)O[C@@H]3CO)O[C@H]2C(=O)O)O[C@H](COS(=O)(=O)O)[C@@H](O[C@@H]2O[C@@H](C(=O)O)[C@@H](O[C@H]3O[C@H](CO)[C@@H](O[C@@H]4O[C@@H](C(=O)O)[C@@H](O[C@H]5O[C@H](COS(=O)(=O)O)[C@@H](O)[C@H](O)[C@H]5NC(C)=O)[C@H](O)[C@H]4O)[C@H](O)[C@H]3NS(=O)(=O)O)[C@H](O)[C@H]2OS(=O)(=O)O)[C@@H]1O. The smallest absolute Gasteiger partial charge is 0.397 e. The predicted molar refractivity (Wildman–Crippen MR) is 356 cm³/mol. The normalized spacial score (nSPS) is 42.6. The minimum Gasteiger partial charge on any atom is -0.479 e. The second-order valence-electron chi connectivity index (χ2n) is 27.3. The number of aliphatic carboxylic acids is 4. The summed E-state index contributed by atoms with van der Waals surface area (Å²) in [5, 5.41) is 203. The molecule has 123 heavy (non-hydrogen) atoms. The lowest BCUT2D eigenvalue weighted by molar-refractivity contribution is -0.380. The quantitative estimate of drug-likeness (QED) is 0.0259. The van der Waals surface area contributed by atoms with Gasteiger partial charge in [0.15, 0.2) is 86.9 Å². The first-order valence-electron chi connectivity index (χ1n) is 34.2. The van der Waals surface area contributed by atoms with Gasteiger partial charge in [0.1, 0.15) is 158 Å². The number of aliphatic hydroxyl groups is 14. The van der Waals surface area contributed by atoms with Crippen LogP contribution in [0.2, 0.25) is 0 Å². The van der Waals surface area contributed by atoms with Crippen LogP contribution in [0.15, 0.2) is 0 Å². The Hall–Kier alpha value is -5.12. The van der Waals surface area contributed by atoms with Crippen molar-refractivity contribution in [3.8, 4) is 0 Å². The van der Waals surface area contributed by atoms with Gasteiger partial charge in [-0.25, -0.2) is 35.9 Å². The lowest BCUT2D eigenvalue weighted by Gasteiger charge is -2.50. The maximum atomic E-state index is 13.3. The number of carboxylic acids is 4. The Bertz CT molecular complexity index is 4410. The van der Waals surface area contributed by atoms with Crippen molar-refractivity contribution in [3.05, 3.63) is 0 Å². The lowest BCUT2D eigenvalue weighted by atomic mass is 9.93. The maximum Gasteiger partial charge on any atom is 0.397 e. The minimum atomic E-state index is -6.21. The summed E-state index contributed by atoms with van der Waals surface area (Å²) in [6.07, 6.45) is -98.0. The first-order chi connectivity index (χ1) is 56.5. The molecule has 0 radical (unpaired) electrons. The Balaban J connectivity index is 1.04. The number of hydrogen-bond donors (Lipinski definition) is 28. The van der Waals surface area contributed by atoms with E-state index in [1.807, 2.05) is 5.32 Å². The first kappa shape index (κ1) is 103. The summed E-state index contributed by atoms with van der Waals surface area (Å²) in [5.41, 5.74) is 0. The summed E-state index contributed by atoms with van der Waals surface area (Å²) in [4.78, 5) is 76.6. The average molecular weight is 1930 g/mol. The fraction of sp³-hybridized carbons (Fsp3) is 0.885. The zero-order chi connectivity index (χ0) is 92.6. The van der Waals surface area contributed by atoms with Gasteiger partial charge in [-0.05, 0) is 0 Å². The number of ether oxygens (including phenoxy) is 15. The third-order valence-electron chi connectivity index (χ3n) is 18.8. The molecule has 28 N–H and O–H groups in total. The molecule has 712 valence electrons. The fourth-order valence-corrected chi connectivity index (χ4v) is 16.3. The van der Waals surface area contributed by atoms with Crippen LogP contribution in [0.4, 0.5) is 0 Å². The standard InChI is InChI=1S/C52H82N4O61S6/c1-7(59)53-13-18(62)17(61)11(5-99-120(87,88)89)103-46(13)109-31-22(66)24(68)50(113-38(31)42(74)75)107-29-10(4-58)102-49(16(21(29)65)56-119(84,85)86)112-34-27(71)36(117-123(96,97)98)52(115-40(34)44(78)79)108-30-12(6-100-121(90,91)92)104-47(14(19(30)63)54-8(2)60)110-32-23(67)25(69)51(114-39(32)43(76)77)106-28-9(3-57)101-48(15(20(28)64)55-118(81,82)83)111-33-26(70)35(116-122(93,94)95)45(80)105-37(33)41(72)73/h9-40,45-52,55-58,61-71,80H,3-6H2,1-2H3,(H,53,59)(H,54,60)(H,72,73)(H,74,75)(H,76,77)(H,78,79)(H,81,82,83)(H,84,85,86)(H,87,88,89)(H,90,91,92)(H,93,94,95)(H,96,97,98)/t9-,10-,11-,12-,13-,14-,15-,16-,17-,18-,19-,20-,21-,22-,23-,24-,25-,26+,27+,28-,29-,30-,31+,32+,33+,34+,35-,36-,37-,38-,39-,40-,45-,46-,47-,48-,49-,50-,51-,52-/m1/s1. The topological polar surface area (TPSA) is 1020 Å². The lowest BCUT2D eigenvalue weighted by Crippen LogP contribution is -2.71. The summed E-state index contributed by atoms with van der Waals surface area (Å²) < 4.78 is 305. The molecular formula is C52H82N4O61S6. The van der Waals surface area contributed by atoms with Gasteiger partial charge in [-0.1, -0.05) is 0 Å². The third-order valence-corrected chi connectivity index (χ3v) is 21.7. The highest BCUT2D eigenvalue weighted by Crippen LogP contribution is 2.41. The first-order valence-corrected chi connectivity index (χ1v) is 42.6. The summed E-state index contributed by atoms with van der Waals surface area (Å²) in [7, 11) is -34.6. The Labute approximate surface area is 687 Å². The largest absolute Gasteiger partial charge is 0.479 e. The third kappa shape index (κ3) is 26.1. The van der Waals surface area contributed by atoms with Crippen molar-refractivity contribution in [2.45, 2.75) is 259 Å².